The van der Waals surface area contributed by atoms with Crippen LogP contribution in [0.4, 0.5) is 15.8 Å². The smallest absolute Gasteiger partial charge is 0.257 e. The number of anilines is 2. The highest BCUT2D eigenvalue weighted by molar-refractivity contribution is 6.31. The summed E-state index contributed by atoms with van der Waals surface area (Å²) in [5, 5.41) is 5.62. The maximum atomic E-state index is 13.1. The van der Waals surface area contributed by atoms with Crippen LogP contribution in [0, 0.1) is 5.82 Å². The molecule has 6 heteroatoms. The first kappa shape index (κ1) is 15.0. The number of pyridine rings is 1. The molecule has 0 radical (unpaired) electrons. The summed E-state index contributed by atoms with van der Waals surface area (Å²) < 4.78 is 13.1. The fourth-order valence-electron chi connectivity index (χ4n) is 1.63. The number of benzene rings is 1. The second-order valence-corrected chi connectivity index (χ2v) is 4.62. The molecular weight excluding hydrogens is 293 g/mol. The Bertz CT molecular complexity index is 676. The van der Waals surface area contributed by atoms with Gasteiger partial charge in [-0.2, -0.15) is 0 Å². The van der Waals surface area contributed by atoms with Gasteiger partial charge in [-0.15, -0.1) is 6.58 Å². The Hall–Kier alpha value is -2.40. The first-order chi connectivity index (χ1) is 10.1. The minimum absolute atomic E-state index is 0.0488. The van der Waals surface area contributed by atoms with E-state index in [4.69, 9.17) is 11.6 Å². The molecule has 1 amide bonds. The molecular formula is C15H13ClFN3O. The van der Waals surface area contributed by atoms with Crippen molar-refractivity contribution in [2.75, 3.05) is 17.2 Å². The molecule has 0 atom stereocenters. The van der Waals surface area contributed by atoms with E-state index in [2.05, 4.69) is 22.2 Å². The Labute approximate surface area is 126 Å². The van der Waals surface area contributed by atoms with E-state index in [1.807, 2.05) is 0 Å². The van der Waals surface area contributed by atoms with Crippen LogP contribution in [0.25, 0.3) is 0 Å². The molecule has 0 bridgehead atoms. The predicted molar refractivity (Wildman–Crippen MR) is 82.3 cm³/mol. The molecule has 0 aliphatic heterocycles. The molecule has 2 aromatic rings. The molecule has 0 unspecified atom stereocenters. The van der Waals surface area contributed by atoms with Gasteiger partial charge in [0.1, 0.15) is 5.82 Å². The lowest BCUT2D eigenvalue weighted by Crippen LogP contribution is -2.13. The summed E-state index contributed by atoms with van der Waals surface area (Å²) in [7, 11) is 0. The number of carbonyl (C=O) groups excluding carboxylic acids is 1. The van der Waals surface area contributed by atoms with Crippen molar-refractivity contribution in [1.82, 2.24) is 4.98 Å². The van der Waals surface area contributed by atoms with E-state index in [0.29, 0.717) is 23.5 Å². The number of aromatic nitrogens is 1. The highest BCUT2D eigenvalue weighted by atomic mass is 35.5. The summed E-state index contributed by atoms with van der Waals surface area (Å²) in [4.78, 5) is 16.1. The second kappa shape index (κ2) is 6.85. The number of nitrogens with zero attached hydrogens (tertiary/aromatic N) is 1. The number of nitrogens with one attached hydrogen (secondary N) is 2. The average Bonchev–Trinajstić information content (AvgIpc) is 2.49. The van der Waals surface area contributed by atoms with Crippen molar-refractivity contribution in [3.8, 4) is 0 Å². The maximum absolute atomic E-state index is 13.1. The van der Waals surface area contributed by atoms with E-state index in [9.17, 15) is 9.18 Å². The molecule has 0 saturated carbocycles. The second-order valence-electron chi connectivity index (χ2n) is 4.21. The molecule has 0 spiro atoms. The minimum atomic E-state index is -0.535. The molecule has 1 aromatic heterocycles. The Kier molecular flexibility index (Phi) is 4.90. The normalized spacial score (nSPS) is 10.0. The highest BCUT2D eigenvalue weighted by Crippen LogP contribution is 2.20. The standard InChI is InChI=1S/C15H13ClFN3O/c1-2-5-19-12-6-10(8-18-9-12)15(21)20-11-3-4-14(17)13(16)7-11/h2-4,6-9,19H,1,5H2,(H,20,21). The van der Waals surface area contributed by atoms with Gasteiger partial charge < -0.3 is 10.6 Å². The van der Waals surface area contributed by atoms with Gasteiger partial charge in [-0.25, -0.2) is 4.39 Å². The van der Waals surface area contributed by atoms with E-state index in [0.717, 1.165) is 0 Å². The van der Waals surface area contributed by atoms with Crippen LogP contribution in [-0.4, -0.2) is 17.4 Å². The van der Waals surface area contributed by atoms with Crippen molar-refractivity contribution in [2.24, 2.45) is 0 Å². The molecule has 1 aromatic carbocycles. The number of halogens is 2. The van der Waals surface area contributed by atoms with E-state index in [1.54, 1.807) is 18.3 Å². The Morgan fingerprint density at radius 1 is 1.33 bits per heavy atom. The van der Waals surface area contributed by atoms with Gasteiger partial charge in [-0.3, -0.25) is 9.78 Å². The van der Waals surface area contributed by atoms with E-state index in [1.165, 1.54) is 24.4 Å². The summed E-state index contributed by atoms with van der Waals surface area (Å²) in [6.07, 6.45) is 4.75. The van der Waals surface area contributed by atoms with Gasteiger partial charge >= 0.3 is 0 Å². The zero-order valence-corrected chi connectivity index (χ0v) is 11.8. The molecule has 0 aliphatic rings. The summed E-state index contributed by atoms with van der Waals surface area (Å²) in [5.41, 5.74) is 1.50. The van der Waals surface area contributed by atoms with Crippen LogP contribution >= 0.6 is 11.6 Å². The van der Waals surface area contributed by atoms with Gasteiger partial charge in [0.15, 0.2) is 0 Å². The molecule has 4 nitrogen and oxygen atoms in total. The first-order valence-corrected chi connectivity index (χ1v) is 6.54. The fourth-order valence-corrected chi connectivity index (χ4v) is 1.81. The van der Waals surface area contributed by atoms with E-state index < -0.39 is 5.82 Å². The summed E-state index contributed by atoms with van der Waals surface area (Å²) in [6, 6.07) is 5.64. The van der Waals surface area contributed by atoms with Crippen LogP contribution in [-0.2, 0) is 0 Å². The SMILES string of the molecule is C=CCNc1cncc(C(=O)Nc2ccc(F)c(Cl)c2)c1. The summed E-state index contributed by atoms with van der Waals surface area (Å²) in [6.45, 7) is 4.17. The number of amides is 1. The van der Waals surface area contributed by atoms with Crippen molar-refractivity contribution in [3.63, 3.8) is 0 Å². The van der Waals surface area contributed by atoms with Gasteiger partial charge in [0.25, 0.3) is 5.91 Å². The highest BCUT2D eigenvalue weighted by Gasteiger charge is 2.09. The molecule has 108 valence electrons. The van der Waals surface area contributed by atoms with Crippen molar-refractivity contribution >= 4 is 28.9 Å². The van der Waals surface area contributed by atoms with Crippen LogP contribution in [0.15, 0.2) is 49.3 Å². The predicted octanol–water partition coefficient (Wildman–Crippen LogP) is 3.72. The van der Waals surface area contributed by atoms with Gasteiger partial charge in [-0.05, 0) is 24.3 Å². The van der Waals surface area contributed by atoms with E-state index in [-0.39, 0.29) is 10.9 Å². The van der Waals surface area contributed by atoms with Gasteiger partial charge in [0.05, 0.1) is 16.3 Å². The Morgan fingerprint density at radius 3 is 2.86 bits per heavy atom. The average molecular weight is 306 g/mol. The zero-order valence-electron chi connectivity index (χ0n) is 11.1. The number of hydrogen-bond donors (Lipinski definition) is 2. The number of carbonyl (C=O) groups is 1. The Morgan fingerprint density at radius 2 is 2.14 bits per heavy atom. The zero-order chi connectivity index (χ0) is 15.2. The quantitative estimate of drug-likeness (QED) is 0.828. The molecule has 2 rings (SSSR count). The topological polar surface area (TPSA) is 54.0 Å². The maximum Gasteiger partial charge on any atom is 0.257 e. The lowest BCUT2D eigenvalue weighted by Gasteiger charge is -2.08. The van der Waals surface area contributed by atoms with Crippen LogP contribution < -0.4 is 10.6 Å². The third-order valence-electron chi connectivity index (χ3n) is 2.63. The summed E-state index contributed by atoms with van der Waals surface area (Å²) >= 11 is 5.67. The van der Waals surface area contributed by atoms with Crippen molar-refractivity contribution in [1.29, 1.82) is 0 Å². The monoisotopic (exact) mass is 305 g/mol. The van der Waals surface area contributed by atoms with E-state index >= 15 is 0 Å². The van der Waals surface area contributed by atoms with Crippen LogP contribution in [0.2, 0.25) is 5.02 Å². The molecule has 1 heterocycles. The molecule has 21 heavy (non-hydrogen) atoms. The lowest BCUT2D eigenvalue weighted by atomic mass is 10.2. The molecule has 0 fully saturated rings. The lowest BCUT2D eigenvalue weighted by molar-refractivity contribution is 0.102. The van der Waals surface area contributed by atoms with Crippen molar-refractivity contribution in [2.45, 2.75) is 0 Å². The third-order valence-corrected chi connectivity index (χ3v) is 2.92. The van der Waals surface area contributed by atoms with Crippen molar-refractivity contribution in [3.05, 3.63) is 65.7 Å². The van der Waals surface area contributed by atoms with Gasteiger partial charge in [0.2, 0.25) is 0 Å². The Balaban J connectivity index is 2.12. The van der Waals surface area contributed by atoms with Crippen LogP contribution in [0.3, 0.4) is 0 Å². The fraction of sp³-hybridized carbons (Fsp3) is 0.0667. The van der Waals surface area contributed by atoms with Crippen LogP contribution in [0.1, 0.15) is 10.4 Å². The molecule has 0 saturated heterocycles. The van der Waals surface area contributed by atoms with Crippen LogP contribution in [0.5, 0.6) is 0 Å². The number of rotatable bonds is 5. The first-order valence-electron chi connectivity index (χ1n) is 6.16. The van der Waals surface area contributed by atoms with Gasteiger partial charge in [0, 0.05) is 24.6 Å². The minimum Gasteiger partial charge on any atom is -0.380 e. The molecule has 0 aliphatic carbocycles. The largest absolute Gasteiger partial charge is 0.380 e. The number of hydrogen-bond acceptors (Lipinski definition) is 3. The van der Waals surface area contributed by atoms with Gasteiger partial charge in [-0.1, -0.05) is 17.7 Å². The van der Waals surface area contributed by atoms with Crippen molar-refractivity contribution < 1.29 is 9.18 Å². The third kappa shape index (κ3) is 4.03. The molecule has 2 N–H and O–H groups in total. The summed E-state index contributed by atoms with van der Waals surface area (Å²) in [5.74, 6) is -0.889.